The molecule has 3 aromatic carbocycles. The van der Waals surface area contributed by atoms with Gasteiger partial charge in [0.15, 0.2) is 0 Å². The van der Waals surface area contributed by atoms with Crippen molar-refractivity contribution in [2.45, 2.75) is 6.54 Å². The molecule has 6 heteroatoms. The van der Waals surface area contributed by atoms with Crippen LogP contribution in [0.15, 0.2) is 78.9 Å². The van der Waals surface area contributed by atoms with Crippen LogP contribution in [0.4, 0.5) is 5.69 Å². The number of rotatable bonds is 6. The van der Waals surface area contributed by atoms with Crippen molar-refractivity contribution in [1.29, 1.82) is 0 Å². The zero-order valence-corrected chi connectivity index (χ0v) is 16.8. The normalized spacial score (nSPS) is 10.2. The Morgan fingerprint density at radius 1 is 0.833 bits per heavy atom. The Balaban J connectivity index is 1.71. The van der Waals surface area contributed by atoms with Crippen molar-refractivity contribution in [2.24, 2.45) is 0 Å². The van der Waals surface area contributed by atoms with Gasteiger partial charge in [-0.1, -0.05) is 42.5 Å². The molecule has 0 saturated carbocycles. The lowest BCUT2D eigenvalue weighted by atomic mass is 10.1. The molecule has 0 heterocycles. The third-order valence-corrected chi connectivity index (χ3v) is 4.52. The van der Waals surface area contributed by atoms with Gasteiger partial charge in [0.1, 0.15) is 0 Å². The third-order valence-electron chi connectivity index (χ3n) is 4.52. The molecule has 0 unspecified atom stereocenters. The van der Waals surface area contributed by atoms with Crippen molar-refractivity contribution in [3.63, 3.8) is 0 Å². The van der Waals surface area contributed by atoms with Gasteiger partial charge in [0, 0.05) is 30.4 Å². The molecule has 0 aliphatic heterocycles. The van der Waals surface area contributed by atoms with Gasteiger partial charge in [-0.05, 0) is 42.0 Å². The second kappa shape index (κ2) is 9.52. The summed E-state index contributed by atoms with van der Waals surface area (Å²) in [7, 11) is 3.02. The van der Waals surface area contributed by atoms with E-state index in [9.17, 15) is 14.4 Å². The number of carbonyl (C=O) groups excluding carboxylic acids is 3. The molecule has 3 aromatic rings. The Morgan fingerprint density at radius 3 is 2.23 bits per heavy atom. The summed E-state index contributed by atoms with van der Waals surface area (Å²) < 4.78 is 4.68. The van der Waals surface area contributed by atoms with Crippen molar-refractivity contribution in [2.75, 3.05) is 19.5 Å². The molecular formula is C24H22N2O4. The third kappa shape index (κ3) is 5.11. The van der Waals surface area contributed by atoms with Gasteiger partial charge in [0.05, 0.1) is 12.7 Å². The lowest BCUT2D eigenvalue weighted by Crippen LogP contribution is -2.26. The van der Waals surface area contributed by atoms with Gasteiger partial charge in [-0.15, -0.1) is 0 Å². The van der Waals surface area contributed by atoms with Gasteiger partial charge in [-0.3, -0.25) is 9.59 Å². The average Bonchev–Trinajstić information content (AvgIpc) is 2.79. The molecule has 0 aliphatic rings. The summed E-state index contributed by atoms with van der Waals surface area (Å²) in [6.45, 7) is 0.483. The van der Waals surface area contributed by atoms with E-state index in [1.807, 2.05) is 30.3 Å². The summed E-state index contributed by atoms with van der Waals surface area (Å²) >= 11 is 0. The molecule has 0 spiro atoms. The van der Waals surface area contributed by atoms with E-state index >= 15 is 0 Å². The van der Waals surface area contributed by atoms with Crippen LogP contribution in [0.5, 0.6) is 0 Å². The molecule has 2 amide bonds. The first-order valence-corrected chi connectivity index (χ1v) is 9.37. The number of carbonyl (C=O) groups is 3. The predicted octanol–water partition coefficient (Wildman–Crippen LogP) is 4.00. The summed E-state index contributed by atoms with van der Waals surface area (Å²) in [6.07, 6.45) is 0. The minimum atomic E-state index is -0.515. The Morgan fingerprint density at radius 2 is 1.50 bits per heavy atom. The Labute approximate surface area is 175 Å². The molecule has 152 valence electrons. The van der Waals surface area contributed by atoms with E-state index in [0.717, 1.165) is 5.56 Å². The highest BCUT2D eigenvalue weighted by atomic mass is 16.5. The highest BCUT2D eigenvalue weighted by molar-refractivity contribution is 6.06. The highest BCUT2D eigenvalue weighted by Crippen LogP contribution is 2.16. The van der Waals surface area contributed by atoms with Gasteiger partial charge >= 0.3 is 5.97 Å². The van der Waals surface area contributed by atoms with Gasteiger partial charge in [-0.2, -0.15) is 0 Å². The Bertz CT molecular complexity index is 1060. The number of esters is 1. The lowest BCUT2D eigenvalue weighted by molar-refractivity contribution is 0.0600. The summed E-state index contributed by atoms with van der Waals surface area (Å²) in [4.78, 5) is 38.6. The summed E-state index contributed by atoms with van der Waals surface area (Å²) in [5.41, 5.74) is 2.59. The maximum absolute atomic E-state index is 12.8. The molecule has 0 aromatic heterocycles. The predicted molar refractivity (Wildman–Crippen MR) is 114 cm³/mol. The molecule has 0 saturated heterocycles. The van der Waals surface area contributed by atoms with Crippen LogP contribution in [-0.4, -0.2) is 36.8 Å². The fourth-order valence-electron chi connectivity index (χ4n) is 2.99. The SMILES string of the molecule is COC(=O)c1cccc(C(=O)Nc2cccc(C(=O)N(C)Cc3ccccc3)c2)c1. The van der Waals surface area contributed by atoms with Crippen molar-refractivity contribution in [3.8, 4) is 0 Å². The molecule has 0 bridgehead atoms. The zero-order valence-electron chi connectivity index (χ0n) is 16.8. The average molecular weight is 402 g/mol. The van der Waals surface area contributed by atoms with Crippen LogP contribution in [0.2, 0.25) is 0 Å². The highest BCUT2D eigenvalue weighted by Gasteiger charge is 2.14. The van der Waals surface area contributed by atoms with E-state index in [4.69, 9.17) is 0 Å². The van der Waals surface area contributed by atoms with E-state index in [1.54, 1.807) is 54.4 Å². The number of ether oxygens (including phenoxy) is 1. The maximum atomic E-state index is 12.8. The van der Waals surface area contributed by atoms with Crippen LogP contribution in [0.25, 0.3) is 0 Å². The number of nitrogens with zero attached hydrogens (tertiary/aromatic N) is 1. The minimum absolute atomic E-state index is 0.150. The second-order valence-electron chi connectivity index (χ2n) is 6.75. The molecule has 1 N–H and O–H groups in total. The first-order chi connectivity index (χ1) is 14.5. The van der Waals surface area contributed by atoms with E-state index in [-0.39, 0.29) is 17.4 Å². The first kappa shape index (κ1) is 20.8. The fourth-order valence-corrected chi connectivity index (χ4v) is 2.99. The van der Waals surface area contributed by atoms with E-state index < -0.39 is 5.97 Å². The molecule has 0 atom stereocenters. The van der Waals surface area contributed by atoms with Crippen molar-refractivity contribution in [1.82, 2.24) is 4.90 Å². The Kier molecular flexibility index (Phi) is 6.60. The van der Waals surface area contributed by atoms with Crippen molar-refractivity contribution in [3.05, 3.63) is 101 Å². The lowest BCUT2D eigenvalue weighted by Gasteiger charge is -2.18. The van der Waals surface area contributed by atoms with Gasteiger partial charge in [0.25, 0.3) is 11.8 Å². The molecule has 30 heavy (non-hydrogen) atoms. The second-order valence-corrected chi connectivity index (χ2v) is 6.75. The van der Waals surface area contributed by atoms with E-state index in [0.29, 0.717) is 23.4 Å². The molecule has 0 fully saturated rings. The number of anilines is 1. The fraction of sp³-hybridized carbons (Fsp3) is 0.125. The summed E-state index contributed by atoms with van der Waals surface area (Å²) in [5, 5.41) is 2.76. The van der Waals surface area contributed by atoms with Gasteiger partial charge in [0.2, 0.25) is 0 Å². The standard InChI is InChI=1S/C24H22N2O4/c1-26(16-17-8-4-3-5-9-17)23(28)19-11-7-13-21(15-19)25-22(27)18-10-6-12-20(14-18)24(29)30-2/h3-15H,16H2,1-2H3,(H,25,27). The number of hydrogen-bond donors (Lipinski definition) is 1. The maximum Gasteiger partial charge on any atom is 0.337 e. The Hall–Kier alpha value is -3.93. The van der Waals surface area contributed by atoms with Crippen LogP contribution >= 0.6 is 0 Å². The summed E-state index contributed by atoms with van der Waals surface area (Å²) in [6, 6.07) is 22.7. The molecule has 6 nitrogen and oxygen atoms in total. The number of benzene rings is 3. The quantitative estimate of drug-likeness (QED) is 0.633. The van der Waals surface area contributed by atoms with Crippen molar-refractivity contribution >= 4 is 23.5 Å². The topological polar surface area (TPSA) is 75.7 Å². The first-order valence-electron chi connectivity index (χ1n) is 9.37. The molecular weight excluding hydrogens is 380 g/mol. The summed E-state index contributed by atoms with van der Waals surface area (Å²) in [5.74, 6) is -1.05. The number of nitrogens with one attached hydrogen (secondary N) is 1. The van der Waals surface area contributed by atoms with Crippen LogP contribution in [0.3, 0.4) is 0 Å². The number of methoxy groups -OCH3 is 1. The smallest absolute Gasteiger partial charge is 0.337 e. The number of amides is 2. The van der Waals surface area contributed by atoms with Crippen molar-refractivity contribution < 1.29 is 19.1 Å². The molecule has 3 rings (SSSR count). The van der Waals surface area contributed by atoms with Crippen LogP contribution in [0.1, 0.15) is 36.6 Å². The van der Waals surface area contributed by atoms with Crippen LogP contribution in [-0.2, 0) is 11.3 Å². The van der Waals surface area contributed by atoms with Crippen LogP contribution in [0, 0.1) is 0 Å². The molecule has 0 radical (unpaired) electrons. The van der Waals surface area contributed by atoms with E-state index in [1.165, 1.54) is 13.2 Å². The molecule has 0 aliphatic carbocycles. The van der Waals surface area contributed by atoms with Gasteiger partial charge < -0.3 is 15.0 Å². The van der Waals surface area contributed by atoms with Gasteiger partial charge in [-0.25, -0.2) is 4.79 Å². The number of hydrogen-bond acceptors (Lipinski definition) is 4. The zero-order chi connectivity index (χ0) is 21.5. The van der Waals surface area contributed by atoms with E-state index in [2.05, 4.69) is 10.1 Å². The van der Waals surface area contributed by atoms with Crippen LogP contribution < -0.4 is 5.32 Å². The monoisotopic (exact) mass is 402 g/mol. The minimum Gasteiger partial charge on any atom is -0.465 e. The largest absolute Gasteiger partial charge is 0.465 e.